The first-order valence-corrected chi connectivity index (χ1v) is 5.67. The van der Waals surface area contributed by atoms with Crippen LogP contribution >= 0.6 is 0 Å². The first-order chi connectivity index (χ1) is 7.86. The Morgan fingerprint density at radius 1 is 1.53 bits per heavy atom. The molecule has 0 bridgehead atoms. The van der Waals surface area contributed by atoms with Crippen molar-refractivity contribution in [2.24, 2.45) is 5.41 Å². The lowest BCUT2D eigenvalue weighted by Gasteiger charge is -2.27. The number of nitrogens with zero attached hydrogens (tertiary/aromatic N) is 1. The molecule has 4 nitrogen and oxygen atoms in total. The molecular weight excluding hydrogens is 218 g/mol. The van der Waals surface area contributed by atoms with Gasteiger partial charge in [0.05, 0.1) is 18.8 Å². The molecule has 1 heterocycles. The highest BCUT2D eigenvalue weighted by atomic mass is 16.5. The van der Waals surface area contributed by atoms with Gasteiger partial charge in [-0.25, -0.2) is 0 Å². The van der Waals surface area contributed by atoms with E-state index in [1.807, 2.05) is 33.9 Å². The molecule has 0 saturated heterocycles. The molecule has 0 aliphatic rings. The van der Waals surface area contributed by atoms with Crippen LogP contribution in [-0.4, -0.2) is 31.6 Å². The van der Waals surface area contributed by atoms with Gasteiger partial charge in [0.2, 0.25) is 0 Å². The number of carbonyl (C=O) groups excluding carboxylic acids is 1. The van der Waals surface area contributed by atoms with Gasteiger partial charge in [-0.1, -0.05) is 0 Å². The molecule has 0 aromatic carbocycles. The molecule has 0 unspecified atom stereocenters. The van der Waals surface area contributed by atoms with Gasteiger partial charge in [0.1, 0.15) is 5.76 Å². The van der Waals surface area contributed by atoms with Crippen LogP contribution in [0.5, 0.6) is 0 Å². The summed E-state index contributed by atoms with van der Waals surface area (Å²) in [5.41, 5.74) is 0.648. The number of ether oxygens (including phenoxy) is 1. The van der Waals surface area contributed by atoms with E-state index in [0.717, 1.165) is 17.9 Å². The summed E-state index contributed by atoms with van der Waals surface area (Å²) in [4.78, 5) is 13.7. The number of esters is 1. The summed E-state index contributed by atoms with van der Waals surface area (Å²) in [6.45, 7) is 7.12. The summed E-state index contributed by atoms with van der Waals surface area (Å²) in [7, 11) is 3.40. The largest absolute Gasteiger partial charge is 0.469 e. The van der Waals surface area contributed by atoms with Crippen molar-refractivity contribution in [2.75, 3.05) is 20.7 Å². The molecule has 0 spiro atoms. The molecule has 0 aliphatic carbocycles. The Bertz CT molecular complexity index is 382. The van der Waals surface area contributed by atoms with Crippen LogP contribution in [0.3, 0.4) is 0 Å². The number of furan rings is 1. The number of aryl methyl sites for hydroxylation is 1. The fraction of sp³-hybridized carbons (Fsp3) is 0.615. The topological polar surface area (TPSA) is 42.7 Å². The SMILES string of the molecule is COC(=O)C(C)(C)CN(C)Cc1ccoc1C. The van der Waals surface area contributed by atoms with Gasteiger partial charge in [0.25, 0.3) is 0 Å². The molecule has 0 fully saturated rings. The highest BCUT2D eigenvalue weighted by Gasteiger charge is 2.30. The standard InChI is InChI=1S/C13H21NO3/c1-10-11(6-7-17-10)8-14(4)9-13(2,3)12(15)16-5/h6-7H,8-9H2,1-5H3. The van der Waals surface area contributed by atoms with Gasteiger partial charge in [-0.15, -0.1) is 0 Å². The Kier molecular flexibility index (Phi) is 4.34. The van der Waals surface area contributed by atoms with Crippen LogP contribution < -0.4 is 0 Å². The van der Waals surface area contributed by atoms with Gasteiger partial charge < -0.3 is 14.1 Å². The molecule has 0 N–H and O–H groups in total. The van der Waals surface area contributed by atoms with E-state index in [9.17, 15) is 4.79 Å². The van der Waals surface area contributed by atoms with E-state index in [-0.39, 0.29) is 5.97 Å². The summed E-state index contributed by atoms with van der Waals surface area (Å²) in [6.07, 6.45) is 1.68. The maximum absolute atomic E-state index is 11.6. The summed E-state index contributed by atoms with van der Waals surface area (Å²) < 4.78 is 10.0. The van der Waals surface area contributed by atoms with E-state index < -0.39 is 5.41 Å². The van der Waals surface area contributed by atoms with Crippen LogP contribution in [0.1, 0.15) is 25.2 Å². The van der Waals surface area contributed by atoms with Crippen molar-refractivity contribution in [1.29, 1.82) is 0 Å². The first kappa shape index (κ1) is 13.8. The second kappa shape index (κ2) is 5.36. The van der Waals surface area contributed by atoms with Crippen molar-refractivity contribution < 1.29 is 13.9 Å². The van der Waals surface area contributed by atoms with Gasteiger partial charge in [-0.3, -0.25) is 4.79 Å². The Morgan fingerprint density at radius 2 is 2.18 bits per heavy atom. The van der Waals surface area contributed by atoms with Crippen LogP contribution in [0.2, 0.25) is 0 Å². The predicted molar refractivity (Wildman–Crippen MR) is 65.6 cm³/mol. The maximum Gasteiger partial charge on any atom is 0.312 e. The second-order valence-corrected chi connectivity index (χ2v) is 5.05. The average Bonchev–Trinajstić information content (AvgIpc) is 2.62. The third kappa shape index (κ3) is 3.60. The molecule has 1 aromatic rings. The van der Waals surface area contributed by atoms with E-state index in [1.54, 1.807) is 6.26 Å². The molecule has 0 radical (unpaired) electrons. The normalized spacial score (nSPS) is 11.9. The number of hydrogen-bond acceptors (Lipinski definition) is 4. The van der Waals surface area contributed by atoms with Crippen molar-refractivity contribution in [2.45, 2.75) is 27.3 Å². The van der Waals surface area contributed by atoms with E-state index in [0.29, 0.717) is 6.54 Å². The van der Waals surface area contributed by atoms with Crippen molar-refractivity contribution in [3.05, 3.63) is 23.7 Å². The van der Waals surface area contributed by atoms with Gasteiger partial charge in [-0.05, 0) is 33.9 Å². The van der Waals surface area contributed by atoms with Crippen molar-refractivity contribution in [3.63, 3.8) is 0 Å². The fourth-order valence-corrected chi connectivity index (χ4v) is 1.94. The van der Waals surface area contributed by atoms with Crippen molar-refractivity contribution in [1.82, 2.24) is 4.90 Å². The van der Waals surface area contributed by atoms with Gasteiger partial charge in [0.15, 0.2) is 0 Å². The number of carbonyl (C=O) groups is 1. The lowest BCUT2D eigenvalue weighted by atomic mass is 9.93. The minimum absolute atomic E-state index is 0.187. The Morgan fingerprint density at radius 3 is 2.65 bits per heavy atom. The lowest BCUT2D eigenvalue weighted by molar-refractivity contribution is -0.151. The average molecular weight is 239 g/mol. The van der Waals surface area contributed by atoms with Crippen molar-refractivity contribution >= 4 is 5.97 Å². The van der Waals surface area contributed by atoms with E-state index >= 15 is 0 Å². The van der Waals surface area contributed by atoms with E-state index in [1.165, 1.54) is 7.11 Å². The summed E-state index contributed by atoms with van der Waals surface area (Å²) in [5, 5.41) is 0. The molecule has 0 saturated carbocycles. The number of hydrogen-bond donors (Lipinski definition) is 0. The van der Waals surface area contributed by atoms with Crippen LogP contribution in [0.15, 0.2) is 16.7 Å². The van der Waals surface area contributed by atoms with E-state index in [2.05, 4.69) is 4.90 Å². The maximum atomic E-state index is 11.6. The third-order valence-electron chi connectivity index (χ3n) is 2.81. The van der Waals surface area contributed by atoms with Gasteiger partial charge >= 0.3 is 5.97 Å². The Labute approximate surface area is 103 Å². The molecule has 96 valence electrons. The van der Waals surface area contributed by atoms with Crippen LogP contribution in [0, 0.1) is 12.3 Å². The molecule has 0 atom stereocenters. The summed E-state index contributed by atoms with van der Waals surface area (Å²) >= 11 is 0. The lowest BCUT2D eigenvalue weighted by Crippen LogP contribution is -2.37. The van der Waals surface area contributed by atoms with Crippen LogP contribution in [0.25, 0.3) is 0 Å². The minimum atomic E-state index is -0.499. The summed E-state index contributed by atoms with van der Waals surface area (Å²) in [6, 6.07) is 1.96. The number of methoxy groups -OCH3 is 1. The van der Waals surface area contributed by atoms with Gasteiger partial charge in [0, 0.05) is 18.7 Å². The molecule has 1 aromatic heterocycles. The molecule has 0 aliphatic heterocycles. The highest BCUT2D eigenvalue weighted by molar-refractivity contribution is 5.76. The highest BCUT2D eigenvalue weighted by Crippen LogP contribution is 2.20. The molecular formula is C13H21NO3. The predicted octanol–water partition coefficient (Wildman–Crippen LogP) is 2.22. The Hall–Kier alpha value is -1.29. The quantitative estimate of drug-likeness (QED) is 0.739. The number of rotatable bonds is 5. The molecule has 0 amide bonds. The molecule has 4 heteroatoms. The zero-order valence-electron chi connectivity index (χ0n) is 11.2. The zero-order valence-corrected chi connectivity index (χ0v) is 11.2. The summed E-state index contributed by atoms with van der Waals surface area (Å²) in [5.74, 6) is 0.737. The zero-order chi connectivity index (χ0) is 13.1. The minimum Gasteiger partial charge on any atom is -0.469 e. The fourth-order valence-electron chi connectivity index (χ4n) is 1.94. The van der Waals surface area contributed by atoms with E-state index in [4.69, 9.17) is 9.15 Å². The van der Waals surface area contributed by atoms with Crippen LogP contribution in [0.4, 0.5) is 0 Å². The van der Waals surface area contributed by atoms with Crippen molar-refractivity contribution in [3.8, 4) is 0 Å². The molecule has 17 heavy (non-hydrogen) atoms. The van der Waals surface area contributed by atoms with Crippen LogP contribution in [-0.2, 0) is 16.1 Å². The smallest absolute Gasteiger partial charge is 0.312 e. The second-order valence-electron chi connectivity index (χ2n) is 5.05. The third-order valence-corrected chi connectivity index (χ3v) is 2.81. The first-order valence-electron chi connectivity index (χ1n) is 5.67. The monoisotopic (exact) mass is 239 g/mol. The Balaban J connectivity index is 2.58. The molecule has 1 rings (SSSR count). The van der Waals surface area contributed by atoms with Gasteiger partial charge in [-0.2, -0.15) is 0 Å².